The molecule has 0 unspecified atom stereocenters. The number of aromatic nitrogens is 2. The van der Waals surface area contributed by atoms with Crippen molar-refractivity contribution in [2.45, 2.75) is 6.92 Å². The smallest absolute Gasteiger partial charge is 0.409 e. The summed E-state index contributed by atoms with van der Waals surface area (Å²) in [6.07, 6.45) is 2.52. The van der Waals surface area contributed by atoms with Crippen LogP contribution >= 0.6 is 0 Å². The number of ether oxygens (including phenoxy) is 1. The third-order valence-corrected chi connectivity index (χ3v) is 3.02. The van der Waals surface area contributed by atoms with E-state index in [-0.39, 0.29) is 23.5 Å². The van der Waals surface area contributed by atoms with Crippen LogP contribution in [0.3, 0.4) is 0 Å². The van der Waals surface area contributed by atoms with Crippen LogP contribution in [0.5, 0.6) is 0 Å². The van der Waals surface area contributed by atoms with Gasteiger partial charge in [0.2, 0.25) is 0 Å². The van der Waals surface area contributed by atoms with Crippen molar-refractivity contribution < 1.29 is 14.3 Å². The Hall–Kier alpha value is -2.38. The van der Waals surface area contributed by atoms with Gasteiger partial charge in [0.25, 0.3) is 5.91 Å². The normalized spacial score (nSPS) is 15.1. The minimum atomic E-state index is -0.349. The van der Waals surface area contributed by atoms with E-state index in [0.29, 0.717) is 32.8 Å². The maximum Gasteiger partial charge on any atom is 0.409 e. The zero-order valence-electron chi connectivity index (χ0n) is 11.3. The van der Waals surface area contributed by atoms with Crippen LogP contribution in [0.4, 0.5) is 10.6 Å². The van der Waals surface area contributed by atoms with Gasteiger partial charge in [-0.05, 0) is 6.92 Å². The molecule has 1 aliphatic rings. The molecule has 1 aliphatic heterocycles. The van der Waals surface area contributed by atoms with Crippen molar-refractivity contribution in [2.75, 3.05) is 38.5 Å². The second-order valence-electron chi connectivity index (χ2n) is 4.27. The second-order valence-corrected chi connectivity index (χ2v) is 4.27. The van der Waals surface area contributed by atoms with Crippen LogP contribution in [0.25, 0.3) is 0 Å². The first-order valence-electron chi connectivity index (χ1n) is 6.41. The highest BCUT2D eigenvalue weighted by Gasteiger charge is 2.27. The summed E-state index contributed by atoms with van der Waals surface area (Å²) >= 11 is 0. The van der Waals surface area contributed by atoms with Gasteiger partial charge in [0, 0.05) is 38.6 Å². The first-order chi connectivity index (χ1) is 9.63. The fraction of sp³-hybridized carbons (Fsp3) is 0.500. The van der Waals surface area contributed by atoms with Gasteiger partial charge in [-0.2, -0.15) is 0 Å². The standard InChI is InChI=1S/C12H17N5O3/c1-2-20-12(19)17-7-5-16(6-8-17)11(18)9-10(13)15-4-3-14-9/h3-4H,2,5-8H2,1H3,(H2,13,15). The molecule has 0 bridgehead atoms. The highest BCUT2D eigenvalue weighted by atomic mass is 16.6. The Labute approximate surface area is 116 Å². The number of nitrogen functional groups attached to an aromatic ring is 1. The lowest BCUT2D eigenvalue weighted by Crippen LogP contribution is -2.51. The Morgan fingerprint density at radius 2 is 1.80 bits per heavy atom. The van der Waals surface area contributed by atoms with E-state index < -0.39 is 0 Å². The molecule has 2 rings (SSSR count). The number of nitrogens with zero attached hydrogens (tertiary/aromatic N) is 4. The van der Waals surface area contributed by atoms with E-state index in [1.165, 1.54) is 12.4 Å². The average Bonchev–Trinajstić information content (AvgIpc) is 2.47. The number of hydrogen-bond donors (Lipinski definition) is 1. The van der Waals surface area contributed by atoms with Crippen molar-refractivity contribution in [3.63, 3.8) is 0 Å². The molecule has 8 heteroatoms. The summed E-state index contributed by atoms with van der Waals surface area (Å²) in [5.74, 6) is -0.149. The third kappa shape index (κ3) is 2.95. The van der Waals surface area contributed by atoms with Crippen LogP contribution < -0.4 is 5.73 Å². The molecular formula is C12H17N5O3. The lowest BCUT2D eigenvalue weighted by Gasteiger charge is -2.33. The topological polar surface area (TPSA) is 102 Å². The Kier molecular flexibility index (Phi) is 4.34. The maximum atomic E-state index is 12.2. The molecule has 1 fully saturated rings. The van der Waals surface area contributed by atoms with Crippen LogP contribution in [0.15, 0.2) is 12.4 Å². The number of nitrogens with two attached hydrogens (primary N) is 1. The van der Waals surface area contributed by atoms with Gasteiger partial charge in [-0.15, -0.1) is 0 Å². The molecule has 1 aromatic heterocycles. The van der Waals surface area contributed by atoms with Crippen LogP contribution in [0, 0.1) is 0 Å². The number of carbonyl (C=O) groups excluding carboxylic acids is 2. The minimum absolute atomic E-state index is 0.116. The van der Waals surface area contributed by atoms with E-state index >= 15 is 0 Å². The molecule has 8 nitrogen and oxygen atoms in total. The largest absolute Gasteiger partial charge is 0.450 e. The average molecular weight is 279 g/mol. The summed E-state index contributed by atoms with van der Waals surface area (Å²) in [5, 5.41) is 0. The Morgan fingerprint density at radius 1 is 1.20 bits per heavy atom. The molecule has 0 radical (unpaired) electrons. The molecule has 0 saturated carbocycles. The second kappa shape index (κ2) is 6.18. The summed E-state index contributed by atoms with van der Waals surface area (Å²) in [7, 11) is 0. The molecule has 0 aromatic carbocycles. The van der Waals surface area contributed by atoms with Crippen molar-refractivity contribution >= 4 is 17.8 Å². The van der Waals surface area contributed by atoms with Crippen molar-refractivity contribution in [3.8, 4) is 0 Å². The lowest BCUT2D eigenvalue weighted by molar-refractivity contribution is 0.0566. The van der Waals surface area contributed by atoms with Crippen molar-refractivity contribution in [1.29, 1.82) is 0 Å². The molecule has 0 atom stereocenters. The lowest BCUT2D eigenvalue weighted by atomic mass is 10.3. The van der Waals surface area contributed by atoms with Crippen LogP contribution in [0.2, 0.25) is 0 Å². The van der Waals surface area contributed by atoms with Crippen LogP contribution in [0.1, 0.15) is 17.4 Å². The van der Waals surface area contributed by atoms with Crippen molar-refractivity contribution in [3.05, 3.63) is 18.1 Å². The molecular weight excluding hydrogens is 262 g/mol. The fourth-order valence-corrected chi connectivity index (χ4v) is 1.97. The number of piperazine rings is 1. The van der Waals surface area contributed by atoms with Crippen molar-refractivity contribution in [2.24, 2.45) is 0 Å². The van der Waals surface area contributed by atoms with Crippen LogP contribution in [-0.4, -0.2) is 64.6 Å². The van der Waals surface area contributed by atoms with Crippen LogP contribution in [-0.2, 0) is 4.74 Å². The molecule has 20 heavy (non-hydrogen) atoms. The molecule has 1 saturated heterocycles. The van der Waals surface area contributed by atoms with Gasteiger partial charge in [-0.25, -0.2) is 14.8 Å². The Bertz CT molecular complexity index is 500. The van der Waals surface area contributed by atoms with Crippen molar-refractivity contribution in [1.82, 2.24) is 19.8 Å². The molecule has 0 spiro atoms. The zero-order valence-corrected chi connectivity index (χ0v) is 11.3. The predicted molar refractivity (Wildman–Crippen MR) is 70.9 cm³/mol. The van der Waals surface area contributed by atoms with Gasteiger partial charge in [0.15, 0.2) is 11.5 Å². The maximum absolute atomic E-state index is 12.2. The summed E-state index contributed by atoms with van der Waals surface area (Å²) < 4.78 is 4.92. The van der Waals surface area contributed by atoms with Gasteiger partial charge in [-0.1, -0.05) is 0 Å². The zero-order chi connectivity index (χ0) is 14.5. The van der Waals surface area contributed by atoms with E-state index in [1.807, 2.05) is 0 Å². The van der Waals surface area contributed by atoms with E-state index in [9.17, 15) is 9.59 Å². The number of amides is 2. The van der Waals surface area contributed by atoms with Gasteiger partial charge in [0.05, 0.1) is 6.61 Å². The summed E-state index contributed by atoms with van der Waals surface area (Å²) in [5.41, 5.74) is 5.79. The number of hydrogen-bond acceptors (Lipinski definition) is 6. The predicted octanol–water partition coefficient (Wildman–Crippen LogP) is -0.0269. The van der Waals surface area contributed by atoms with Gasteiger partial charge < -0.3 is 20.3 Å². The summed E-state index contributed by atoms with van der Waals surface area (Å²) in [4.78, 5) is 34.8. The Balaban J connectivity index is 1.96. The van der Waals surface area contributed by atoms with Gasteiger partial charge >= 0.3 is 6.09 Å². The first-order valence-corrected chi connectivity index (χ1v) is 6.41. The quantitative estimate of drug-likeness (QED) is 0.816. The van der Waals surface area contributed by atoms with E-state index in [4.69, 9.17) is 10.5 Å². The summed E-state index contributed by atoms with van der Waals surface area (Å²) in [6.45, 7) is 3.82. The van der Waals surface area contributed by atoms with E-state index in [0.717, 1.165) is 0 Å². The highest BCUT2D eigenvalue weighted by molar-refractivity contribution is 5.96. The van der Waals surface area contributed by atoms with Gasteiger partial charge in [0.1, 0.15) is 0 Å². The number of rotatable bonds is 2. The van der Waals surface area contributed by atoms with Gasteiger partial charge in [-0.3, -0.25) is 4.79 Å². The molecule has 0 aliphatic carbocycles. The molecule has 1 aromatic rings. The molecule has 2 heterocycles. The molecule has 108 valence electrons. The number of anilines is 1. The summed E-state index contributed by atoms with van der Waals surface area (Å²) in [6, 6.07) is 0. The van der Waals surface area contributed by atoms with E-state index in [1.54, 1.807) is 16.7 Å². The van der Waals surface area contributed by atoms with E-state index in [2.05, 4.69) is 9.97 Å². The first kappa shape index (κ1) is 14.0. The number of carbonyl (C=O) groups is 2. The fourth-order valence-electron chi connectivity index (χ4n) is 1.97. The highest BCUT2D eigenvalue weighted by Crippen LogP contribution is 2.11. The third-order valence-electron chi connectivity index (χ3n) is 3.02. The SMILES string of the molecule is CCOC(=O)N1CCN(C(=O)c2nccnc2N)CC1. The minimum Gasteiger partial charge on any atom is -0.450 e. The monoisotopic (exact) mass is 279 g/mol. The Morgan fingerprint density at radius 3 is 2.40 bits per heavy atom. The molecule has 2 N–H and O–H groups in total. The molecule has 2 amide bonds.